The number of pyridine rings is 1. The van der Waals surface area contributed by atoms with Crippen LogP contribution in [-0.4, -0.2) is 13.1 Å². The van der Waals surface area contributed by atoms with Crippen molar-refractivity contribution in [2.75, 3.05) is 14.7 Å². The average molecular weight is 1220 g/mol. The Bertz CT molecular complexity index is 3900. The normalized spacial score (nSPS) is 14.0. The Hall–Kier alpha value is -7.76. The molecule has 0 saturated carbocycles. The predicted octanol–water partition coefficient (Wildman–Crippen LogP) is 16.2. The van der Waals surface area contributed by atoms with E-state index in [-0.39, 0.29) is 37.3 Å². The molecule has 9 aromatic carbocycles. The number of ether oxygens (including phenoxy) is 1. The molecule has 0 N–H and O–H groups in total. The first kappa shape index (κ1) is 52.0. The third-order valence-electron chi connectivity index (χ3n) is 16.1. The SMILES string of the molecule is CC(C)(C)c1cc(-c2cccc(-c3ccccc3)c2N2[CH-]N(c3[c-]c(Oc4[c-]c5c(cc4)[Si]4(c6ccccc6-c6ccccc64)c4ccccc4N5c4cc(C(C)(C)C)ccn4)ccc3)c3ccccc32)cc(C(C)(C)C)c1.[Pt]. The van der Waals surface area contributed by atoms with Gasteiger partial charge in [-0.15, -0.1) is 47.9 Å². The first-order valence-electron chi connectivity index (χ1n) is 27.3. The molecule has 3 aliphatic heterocycles. The standard InChI is InChI=1S/C72H63N4OSi.Pt/c1-70(2,3)50-39-40-73-68(44-50)76-62-33-17-20-36-66(62)78(64-34-18-13-27-58(64)59-28-14-19-35-65(59)78)67-38-37-55(46-63(67)76)77-54-26-21-25-53(45-54)74-47-75(61-32-16-15-31-60(61)74)69-56(48-23-11-10-12-24-48)29-22-30-57(69)49-41-51(71(4,5)6)43-52(42-49)72(7,8)9;/h10-44,47H,1-9H3;/q-3;. The number of benzene rings is 9. The maximum absolute atomic E-state index is 7.02. The van der Waals surface area contributed by atoms with Gasteiger partial charge in [0.2, 0.25) is 0 Å². The van der Waals surface area contributed by atoms with Crippen molar-refractivity contribution in [2.24, 2.45) is 0 Å². The molecule has 0 aliphatic carbocycles. The summed E-state index contributed by atoms with van der Waals surface area (Å²) in [6.07, 6.45) is 1.95. The van der Waals surface area contributed by atoms with Gasteiger partial charge in [-0.05, 0) is 101 Å². The summed E-state index contributed by atoms with van der Waals surface area (Å²) >= 11 is 0. The number of hydrogen-bond donors (Lipinski definition) is 0. The quantitative estimate of drug-likeness (QED) is 0.117. The monoisotopic (exact) mass is 1220 g/mol. The Labute approximate surface area is 482 Å². The Morgan fingerprint density at radius 3 is 1.61 bits per heavy atom. The van der Waals surface area contributed by atoms with Crippen LogP contribution in [0.5, 0.6) is 11.5 Å². The van der Waals surface area contributed by atoms with E-state index in [1.807, 2.05) is 12.3 Å². The molecule has 0 atom stereocenters. The van der Waals surface area contributed by atoms with Gasteiger partial charge >= 0.3 is 0 Å². The molecule has 10 aromatic rings. The van der Waals surface area contributed by atoms with Gasteiger partial charge in [-0.3, -0.25) is 0 Å². The van der Waals surface area contributed by atoms with Crippen LogP contribution in [0.3, 0.4) is 0 Å². The van der Waals surface area contributed by atoms with E-state index in [4.69, 9.17) is 9.72 Å². The van der Waals surface area contributed by atoms with Crippen LogP contribution < -0.4 is 40.2 Å². The van der Waals surface area contributed by atoms with Crippen LogP contribution in [0.2, 0.25) is 0 Å². The van der Waals surface area contributed by atoms with Gasteiger partial charge in [-0.1, -0.05) is 214 Å². The molecular weight excluding hydrogens is 1160 g/mol. The number of fused-ring (bicyclic) bond motifs is 10. The summed E-state index contributed by atoms with van der Waals surface area (Å²) in [5.41, 5.74) is 17.1. The predicted molar refractivity (Wildman–Crippen MR) is 328 cm³/mol. The van der Waals surface area contributed by atoms with Gasteiger partial charge in [0.25, 0.3) is 0 Å². The molecule has 1 spiro atoms. The van der Waals surface area contributed by atoms with E-state index >= 15 is 0 Å². The fraction of sp³-hybridized carbons (Fsp3) is 0.167. The summed E-state index contributed by atoms with van der Waals surface area (Å²) in [6, 6.07) is 83.1. The molecule has 1 aromatic heterocycles. The molecule has 394 valence electrons. The molecule has 13 rings (SSSR count). The van der Waals surface area contributed by atoms with Crippen LogP contribution in [0.1, 0.15) is 79.0 Å². The molecular formula is C72H63N4OPtSi-3. The molecule has 5 nitrogen and oxygen atoms in total. The maximum atomic E-state index is 7.02. The minimum absolute atomic E-state index is 0. The Morgan fingerprint density at radius 1 is 0.430 bits per heavy atom. The number of nitrogens with zero attached hydrogens (tertiary/aromatic N) is 4. The summed E-state index contributed by atoms with van der Waals surface area (Å²) in [5, 5.41) is 5.37. The van der Waals surface area contributed by atoms with E-state index in [9.17, 15) is 0 Å². The summed E-state index contributed by atoms with van der Waals surface area (Å²) in [5.74, 6) is 2.04. The van der Waals surface area contributed by atoms with Gasteiger partial charge in [0, 0.05) is 72.6 Å². The van der Waals surface area contributed by atoms with E-state index in [1.54, 1.807) is 0 Å². The Kier molecular flexibility index (Phi) is 12.9. The van der Waals surface area contributed by atoms with E-state index in [0.717, 1.165) is 56.6 Å². The fourth-order valence-electron chi connectivity index (χ4n) is 12.1. The second-order valence-electron chi connectivity index (χ2n) is 24.1. The van der Waals surface area contributed by atoms with E-state index < -0.39 is 8.07 Å². The molecule has 79 heavy (non-hydrogen) atoms. The molecule has 0 amide bonds. The van der Waals surface area contributed by atoms with Crippen molar-refractivity contribution in [3.8, 4) is 44.9 Å². The second kappa shape index (κ2) is 19.5. The van der Waals surface area contributed by atoms with Gasteiger partial charge < -0.3 is 19.4 Å². The van der Waals surface area contributed by atoms with Crippen molar-refractivity contribution < 1.29 is 25.8 Å². The second-order valence-corrected chi connectivity index (χ2v) is 27.8. The third-order valence-corrected chi connectivity index (χ3v) is 21.0. The zero-order valence-corrected chi connectivity index (χ0v) is 49.6. The van der Waals surface area contributed by atoms with Gasteiger partial charge in [0.05, 0.1) is 0 Å². The number of hydrogen-bond acceptors (Lipinski definition) is 5. The first-order chi connectivity index (χ1) is 37.6. The van der Waals surface area contributed by atoms with Crippen LogP contribution in [0.4, 0.5) is 39.9 Å². The minimum Gasteiger partial charge on any atom is -0.509 e. The molecule has 3 aliphatic rings. The van der Waals surface area contributed by atoms with Gasteiger partial charge in [0.15, 0.2) is 0 Å². The largest absolute Gasteiger partial charge is 0.509 e. The number of para-hydroxylation sites is 4. The Balaban J connectivity index is 0.00000623. The molecule has 0 fully saturated rings. The van der Waals surface area contributed by atoms with Crippen LogP contribution in [0, 0.1) is 18.8 Å². The van der Waals surface area contributed by atoms with Gasteiger partial charge in [0.1, 0.15) is 13.9 Å². The summed E-state index contributed by atoms with van der Waals surface area (Å²) < 4.78 is 7.02. The molecule has 7 heteroatoms. The molecule has 0 bridgehead atoms. The van der Waals surface area contributed by atoms with E-state index in [0.29, 0.717) is 11.5 Å². The number of anilines is 7. The summed E-state index contributed by atoms with van der Waals surface area (Å²) in [6.45, 7) is 22.9. The van der Waals surface area contributed by atoms with Crippen molar-refractivity contribution >= 4 is 68.8 Å². The van der Waals surface area contributed by atoms with Crippen LogP contribution >= 0.6 is 0 Å². The fourth-order valence-corrected chi connectivity index (χ4v) is 17.6. The van der Waals surface area contributed by atoms with Crippen molar-refractivity contribution in [2.45, 2.75) is 78.6 Å². The number of rotatable bonds is 7. The van der Waals surface area contributed by atoms with Crippen LogP contribution in [0.25, 0.3) is 33.4 Å². The molecule has 4 heterocycles. The van der Waals surface area contributed by atoms with E-state index in [1.165, 1.54) is 54.1 Å². The molecule has 0 unspecified atom stereocenters. The first-order valence-corrected chi connectivity index (χ1v) is 29.3. The summed E-state index contributed by atoms with van der Waals surface area (Å²) in [7, 11) is -2.89. The van der Waals surface area contributed by atoms with Crippen LogP contribution in [0.15, 0.2) is 212 Å². The number of aromatic nitrogens is 1. The topological polar surface area (TPSA) is 31.8 Å². The Morgan fingerprint density at radius 2 is 0.962 bits per heavy atom. The van der Waals surface area contributed by atoms with Crippen molar-refractivity contribution in [3.63, 3.8) is 0 Å². The van der Waals surface area contributed by atoms with E-state index in [2.05, 4.69) is 296 Å². The van der Waals surface area contributed by atoms with Gasteiger partial charge in [-0.2, -0.15) is 12.1 Å². The van der Waals surface area contributed by atoms with Gasteiger partial charge in [-0.25, -0.2) is 4.98 Å². The van der Waals surface area contributed by atoms with Crippen molar-refractivity contribution in [1.82, 2.24) is 4.98 Å². The summed E-state index contributed by atoms with van der Waals surface area (Å²) in [4.78, 5) is 12.1. The smallest absolute Gasteiger partial charge is 0.135 e. The zero-order chi connectivity index (χ0) is 53.7. The van der Waals surface area contributed by atoms with Crippen molar-refractivity contribution in [1.29, 1.82) is 0 Å². The zero-order valence-electron chi connectivity index (χ0n) is 46.3. The maximum Gasteiger partial charge on any atom is 0.135 e. The average Bonchev–Trinajstić information content (AvgIpc) is 2.40. The van der Waals surface area contributed by atoms with Crippen LogP contribution in [-0.2, 0) is 37.3 Å². The molecule has 0 saturated heterocycles. The molecule has 0 radical (unpaired) electrons. The third kappa shape index (κ3) is 8.76. The van der Waals surface area contributed by atoms with Crippen molar-refractivity contribution in [3.05, 3.63) is 248 Å². The minimum atomic E-state index is -2.89.